The van der Waals surface area contributed by atoms with Crippen LogP contribution in [0.5, 0.6) is 0 Å². The molecule has 0 N–H and O–H groups in total. The highest BCUT2D eigenvalue weighted by atomic mass is 15.2. The van der Waals surface area contributed by atoms with Gasteiger partial charge in [0.05, 0.1) is 11.1 Å². The SMILES string of the molecule is CC(C)C1CN(c2ccc(C#N)c(C#N)c2)C1. The van der Waals surface area contributed by atoms with Gasteiger partial charge >= 0.3 is 0 Å². The summed E-state index contributed by atoms with van der Waals surface area (Å²) < 4.78 is 0. The smallest absolute Gasteiger partial charge is 0.101 e. The number of benzene rings is 1. The molecule has 0 bridgehead atoms. The summed E-state index contributed by atoms with van der Waals surface area (Å²) in [6.45, 7) is 6.58. The van der Waals surface area contributed by atoms with Crippen molar-refractivity contribution in [2.45, 2.75) is 13.8 Å². The Morgan fingerprint density at radius 3 is 2.35 bits per heavy atom. The van der Waals surface area contributed by atoms with E-state index in [1.807, 2.05) is 18.2 Å². The Bertz CT molecular complexity index is 499. The molecule has 1 saturated heterocycles. The van der Waals surface area contributed by atoms with Crippen LogP contribution in [0.1, 0.15) is 25.0 Å². The maximum Gasteiger partial charge on any atom is 0.101 e. The van der Waals surface area contributed by atoms with Crippen molar-refractivity contribution < 1.29 is 0 Å². The third kappa shape index (κ3) is 2.10. The van der Waals surface area contributed by atoms with E-state index < -0.39 is 0 Å². The zero-order chi connectivity index (χ0) is 12.4. The Kier molecular flexibility index (Phi) is 3.02. The molecule has 0 amide bonds. The lowest BCUT2D eigenvalue weighted by atomic mass is 9.88. The van der Waals surface area contributed by atoms with Gasteiger partial charge in [0.2, 0.25) is 0 Å². The van der Waals surface area contributed by atoms with Gasteiger partial charge in [-0.3, -0.25) is 0 Å². The predicted molar refractivity (Wildman–Crippen MR) is 66.4 cm³/mol. The lowest BCUT2D eigenvalue weighted by Crippen LogP contribution is -2.49. The summed E-state index contributed by atoms with van der Waals surface area (Å²) >= 11 is 0. The van der Waals surface area contributed by atoms with Crippen molar-refractivity contribution in [1.82, 2.24) is 0 Å². The summed E-state index contributed by atoms with van der Waals surface area (Å²) in [4.78, 5) is 2.26. The molecule has 17 heavy (non-hydrogen) atoms. The second-order valence-electron chi connectivity index (χ2n) is 4.86. The van der Waals surface area contributed by atoms with Crippen molar-refractivity contribution in [3.8, 4) is 12.1 Å². The lowest BCUT2D eigenvalue weighted by Gasteiger charge is -2.43. The molecule has 0 atom stereocenters. The van der Waals surface area contributed by atoms with Crippen molar-refractivity contribution in [3.63, 3.8) is 0 Å². The maximum absolute atomic E-state index is 8.97. The zero-order valence-corrected chi connectivity index (χ0v) is 10.1. The number of anilines is 1. The monoisotopic (exact) mass is 225 g/mol. The number of nitriles is 2. The van der Waals surface area contributed by atoms with Crippen LogP contribution in [0.4, 0.5) is 5.69 Å². The van der Waals surface area contributed by atoms with Gasteiger partial charge in [0, 0.05) is 18.8 Å². The Morgan fingerprint density at radius 1 is 1.18 bits per heavy atom. The minimum absolute atomic E-state index is 0.456. The summed E-state index contributed by atoms with van der Waals surface area (Å²) in [6.07, 6.45) is 0. The van der Waals surface area contributed by atoms with Crippen molar-refractivity contribution in [1.29, 1.82) is 10.5 Å². The predicted octanol–water partition coefficient (Wildman–Crippen LogP) is 2.52. The quantitative estimate of drug-likeness (QED) is 0.777. The van der Waals surface area contributed by atoms with Crippen molar-refractivity contribution in [3.05, 3.63) is 29.3 Å². The standard InChI is InChI=1S/C14H15N3/c1-10(2)13-8-17(9-13)14-4-3-11(6-15)12(5-14)7-16/h3-5,10,13H,8-9H2,1-2H3. The van der Waals surface area contributed by atoms with E-state index in [0.29, 0.717) is 17.0 Å². The average Bonchev–Trinajstić information content (AvgIpc) is 2.26. The second-order valence-corrected chi connectivity index (χ2v) is 4.86. The summed E-state index contributed by atoms with van der Waals surface area (Å²) in [5.41, 5.74) is 1.98. The van der Waals surface area contributed by atoms with Gasteiger partial charge in [0.1, 0.15) is 12.1 Å². The first-order valence-corrected chi connectivity index (χ1v) is 5.85. The molecule has 2 rings (SSSR count). The first-order valence-electron chi connectivity index (χ1n) is 5.85. The van der Waals surface area contributed by atoms with Crippen LogP contribution in [-0.4, -0.2) is 13.1 Å². The highest BCUT2D eigenvalue weighted by Gasteiger charge is 2.29. The fraction of sp³-hybridized carbons (Fsp3) is 0.429. The molecule has 0 aliphatic carbocycles. The fourth-order valence-electron chi connectivity index (χ4n) is 2.06. The summed E-state index contributed by atoms with van der Waals surface area (Å²) in [7, 11) is 0. The van der Waals surface area contributed by atoms with Gasteiger partial charge in [-0.25, -0.2) is 0 Å². The molecule has 1 aromatic carbocycles. The number of hydrogen-bond acceptors (Lipinski definition) is 3. The van der Waals surface area contributed by atoms with Crippen LogP contribution in [0, 0.1) is 34.5 Å². The van der Waals surface area contributed by atoms with E-state index in [1.165, 1.54) is 0 Å². The Balaban J connectivity index is 2.15. The maximum atomic E-state index is 8.97. The summed E-state index contributed by atoms with van der Waals surface area (Å²) in [5.74, 6) is 1.45. The normalized spacial score (nSPS) is 15.2. The molecule has 1 aromatic rings. The molecule has 1 aliphatic rings. The van der Waals surface area contributed by atoms with Crippen LogP contribution in [0.15, 0.2) is 18.2 Å². The Labute approximate surface area is 102 Å². The highest BCUT2D eigenvalue weighted by Crippen LogP contribution is 2.30. The third-order valence-electron chi connectivity index (χ3n) is 3.46. The molecule has 0 unspecified atom stereocenters. The van der Waals surface area contributed by atoms with Crippen LogP contribution in [0.3, 0.4) is 0 Å². The van der Waals surface area contributed by atoms with Crippen LogP contribution < -0.4 is 4.90 Å². The van der Waals surface area contributed by atoms with Gasteiger partial charge in [-0.2, -0.15) is 10.5 Å². The van der Waals surface area contributed by atoms with Gasteiger partial charge in [-0.15, -0.1) is 0 Å². The van der Waals surface area contributed by atoms with Crippen LogP contribution in [0.25, 0.3) is 0 Å². The topological polar surface area (TPSA) is 50.8 Å². The van der Waals surface area contributed by atoms with Gasteiger partial charge in [-0.1, -0.05) is 13.8 Å². The molecule has 1 aliphatic heterocycles. The van der Waals surface area contributed by atoms with Crippen LogP contribution in [-0.2, 0) is 0 Å². The third-order valence-corrected chi connectivity index (χ3v) is 3.46. The minimum Gasteiger partial charge on any atom is -0.371 e. The van der Waals surface area contributed by atoms with E-state index in [2.05, 4.69) is 24.8 Å². The molecular weight excluding hydrogens is 210 g/mol. The van der Waals surface area contributed by atoms with E-state index in [0.717, 1.165) is 24.7 Å². The van der Waals surface area contributed by atoms with Crippen molar-refractivity contribution in [2.75, 3.05) is 18.0 Å². The molecule has 1 fully saturated rings. The van der Waals surface area contributed by atoms with Gasteiger partial charge in [0.15, 0.2) is 0 Å². The lowest BCUT2D eigenvalue weighted by molar-refractivity contribution is 0.310. The number of nitrogens with zero attached hydrogens (tertiary/aromatic N) is 3. The number of hydrogen-bond donors (Lipinski definition) is 0. The van der Waals surface area contributed by atoms with Crippen molar-refractivity contribution in [2.24, 2.45) is 11.8 Å². The molecule has 0 radical (unpaired) electrons. The Morgan fingerprint density at radius 2 is 1.82 bits per heavy atom. The minimum atomic E-state index is 0.456. The zero-order valence-electron chi connectivity index (χ0n) is 10.1. The van der Waals surface area contributed by atoms with Gasteiger partial charge < -0.3 is 4.90 Å². The molecule has 86 valence electrons. The van der Waals surface area contributed by atoms with E-state index >= 15 is 0 Å². The molecule has 0 aromatic heterocycles. The van der Waals surface area contributed by atoms with E-state index in [1.54, 1.807) is 6.07 Å². The molecule has 3 heteroatoms. The largest absolute Gasteiger partial charge is 0.371 e. The molecular formula is C14H15N3. The summed E-state index contributed by atoms with van der Waals surface area (Å²) in [5, 5.41) is 17.8. The molecule has 0 spiro atoms. The second kappa shape index (κ2) is 4.47. The molecule has 1 heterocycles. The Hall–Kier alpha value is -2.00. The number of rotatable bonds is 2. The average molecular weight is 225 g/mol. The highest BCUT2D eigenvalue weighted by molar-refractivity contribution is 5.58. The van der Waals surface area contributed by atoms with Crippen LogP contribution in [0.2, 0.25) is 0 Å². The van der Waals surface area contributed by atoms with E-state index in [9.17, 15) is 0 Å². The first kappa shape index (κ1) is 11.5. The van der Waals surface area contributed by atoms with E-state index in [-0.39, 0.29) is 0 Å². The molecule has 0 saturated carbocycles. The fourth-order valence-corrected chi connectivity index (χ4v) is 2.06. The van der Waals surface area contributed by atoms with Crippen molar-refractivity contribution >= 4 is 5.69 Å². The van der Waals surface area contributed by atoms with Crippen LogP contribution >= 0.6 is 0 Å². The van der Waals surface area contributed by atoms with E-state index in [4.69, 9.17) is 10.5 Å². The molecule has 3 nitrogen and oxygen atoms in total. The van der Waals surface area contributed by atoms with Gasteiger partial charge in [0.25, 0.3) is 0 Å². The van der Waals surface area contributed by atoms with Gasteiger partial charge in [-0.05, 0) is 30.0 Å². The summed E-state index contributed by atoms with van der Waals surface area (Å²) in [6, 6.07) is 9.58. The first-order chi connectivity index (χ1) is 8.15.